The highest BCUT2D eigenvalue weighted by molar-refractivity contribution is 4.77. The molecule has 0 radical (unpaired) electrons. The van der Waals surface area contributed by atoms with Crippen molar-refractivity contribution in [3.63, 3.8) is 0 Å². The van der Waals surface area contributed by atoms with Crippen LogP contribution in [0.3, 0.4) is 0 Å². The Hall–Kier alpha value is -0.0800. The second kappa shape index (κ2) is 6.61. The average Bonchev–Trinajstić information content (AvgIpc) is 2.83. The molecular weight excluding hydrogens is 196 g/mol. The van der Waals surface area contributed by atoms with Crippen LogP contribution in [-0.2, 0) is 0 Å². The molecule has 1 saturated carbocycles. The molecule has 1 saturated heterocycles. The molecule has 2 unspecified atom stereocenters. The van der Waals surface area contributed by atoms with Crippen molar-refractivity contribution in [1.82, 2.24) is 10.6 Å². The maximum atomic E-state index is 3.73. The SMILES string of the molecule is CC(CCNC1CCCC1)C1CCCNC1. The summed E-state index contributed by atoms with van der Waals surface area (Å²) in [5.41, 5.74) is 0. The summed E-state index contributed by atoms with van der Waals surface area (Å²) in [6.45, 7) is 6.17. The van der Waals surface area contributed by atoms with E-state index in [4.69, 9.17) is 0 Å². The standard InChI is InChI=1S/C14H28N2/c1-12(13-5-4-9-15-11-13)8-10-16-14-6-2-3-7-14/h12-16H,2-11H2,1H3. The lowest BCUT2D eigenvalue weighted by Gasteiger charge is -2.28. The van der Waals surface area contributed by atoms with Gasteiger partial charge < -0.3 is 10.6 Å². The average molecular weight is 224 g/mol. The predicted octanol–water partition coefficient (Wildman–Crippen LogP) is 2.54. The van der Waals surface area contributed by atoms with Gasteiger partial charge in [-0.25, -0.2) is 0 Å². The van der Waals surface area contributed by atoms with E-state index >= 15 is 0 Å². The Kier molecular flexibility index (Phi) is 5.11. The Morgan fingerprint density at radius 1 is 1.19 bits per heavy atom. The molecule has 0 aromatic carbocycles. The van der Waals surface area contributed by atoms with Gasteiger partial charge in [0.15, 0.2) is 0 Å². The van der Waals surface area contributed by atoms with E-state index in [0.29, 0.717) is 0 Å². The monoisotopic (exact) mass is 224 g/mol. The van der Waals surface area contributed by atoms with Crippen LogP contribution < -0.4 is 10.6 Å². The normalized spacial score (nSPS) is 29.4. The van der Waals surface area contributed by atoms with Crippen molar-refractivity contribution in [2.45, 2.75) is 57.9 Å². The fraction of sp³-hybridized carbons (Fsp3) is 1.00. The number of nitrogens with one attached hydrogen (secondary N) is 2. The van der Waals surface area contributed by atoms with E-state index in [9.17, 15) is 0 Å². The molecule has 2 aliphatic rings. The van der Waals surface area contributed by atoms with Crippen LogP contribution in [0.4, 0.5) is 0 Å². The molecule has 2 heteroatoms. The van der Waals surface area contributed by atoms with E-state index in [1.165, 1.54) is 64.6 Å². The van der Waals surface area contributed by atoms with Crippen LogP contribution in [0.15, 0.2) is 0 Å². The Morgan fingerprint density at radius 3 is 2.69 bits per heavy atom. The molecule has 0 aromatic rings. The fourth-order valence-electron chi connectivity index (χ4n) is 3.25. The number of hydrogen-bond acceptors (Lipinski definition) is 2. The molecule has 2 fully saturated rings. The van der Waals surface area contributed by atoms with Crippen molar-refractivity contribution in [2.75, 3.05) is 19.6 Å². The minimum atomic E-state index is 0.844. The molecule has 2 nitrogen and oxygen atoms in total. The predicted molar refractivity (Wildman–Crippen MR) is 69.6 cm³/mol. The first-order valence-corrected chi connectivity index (χ1v) is 7.30. The first-order chi connectivity index (χ1) is 7.86. The van der Waals surface area contributed by atoms with E-state index in [1.807, 2.05) is 0 Å². The zero-order valence-corrected chi connectivity index (χ0v) is 10.8. The van der Waals surface area contributed by atoms with E-state index < -0.39 is 0 Å². The molecule has 94 valence electrons. The molecule has 16 heavy (non-hydrogen) atoms. The number of piperidine rings is 1. The quantitative estimate of drug-likeness (QED) is 0.750. The summed E-state index contributed by atoms with van der Waals surface area (Å²) in [7, 11) is 0. The zero-order valence-electron chi connectivity index (χ0n) is 10.8. The molecule has 0 spiro atoms. The van der Waals surface area contributed by atoms with E-state index in [1.54, 1.807) is 0 Å². The molecule has 1 aliphatic carbocycles. The summed E-state index contributed by atoms with van der Waals surface area (Å²) in [5, 5.41) is 7.26. The lowest BCUT2D eigenvalue weighted by atomic mass is 9.85. The molecule has 0 amide bonds. The van der Waals surface area contributed by atoms with Gasteiger partial charge in [-0.3, -0.25) is 0 Å². The maximum absolute atomic E-state index is 3.73. The van der Waals surface area contributed by atoms with Gasteiger partial charge in [0, 0.05) is 6.04 Å². The van der Waals surface area contributed by atoms with Crippen LogP contribution in [0.1, 0.15) is 51.9 Å². The Labute approximate surface area is 101 Å². The second-order valence-electron chi connectivity index (χ2n) is 5.81. The van der Waals surface area contributed by atoms with Crippen molar-refractivity contribution in [1.29, 1.82) is 0 Å². The highest BCUT2D eigenvalue weighted by Crippen LogP contribution is 2.22. The van der Waals surface area contributed by atoms with E-state index in [-0.39, 0.29) is 0 Å². The highest BCUT2D eigenvalue weighted by Gasteiger charge is 2.20. The Balaban J connectivity index is 1.57. The van der Waals surface area contributed by atoms with Crippen LogP contribution in [0.5, 0.6) is 0 Å². The van der Waals surface area contributed by atoms with Crippen LogP contribution in [0.2, 0.25) is 0 Å². The van der Waals surface area contributed by atoms with Crippen LogP contribution in [0.25, 0.3) is 0 Å². The summed E-state index contributed by atoms with van der Waals surface area (Å²) >= 11 is 0. The molecule has 0 bridgehead atoms. The summed E-state index contributed by atoms with van der Waals surface area (Å²) in [6, 6.07) is 0.844. The lowest BCUT2D eigenvalue weighted by molar-refractivity contribution is 0.263. The van der Waals surface area contributed by atoms with Crippen LogP contribution in [-0.4, -0.2) is 25.7 Å². The summed E-state index contributed by atoms with van der Waals surface area (Å²) < 4.78 is 0. The smallest absolute Gasteiger partial charge is 0.00670 e. The van der Waals surface area contributed by atoms with Crippen molar-refractivity contribution in [3.8, 4) is 0 Å². The van der Waals surface area contributed by atoms with Gasteiger partial charge in [0.2, 0.25) is 0 Å². The topological polar surface area (TPSA) is 24.1 Å². The van der Waals surface area contributed by atoms with Gasteiger partial charge in [-0.15, -0.1) is 0 Å². The fourth-order valence-corrected chi connectivity index (χ4v) is 3.25. The van der Waals surface area contributed by atoms with Crippen molar-refractivity contribution < 1.29 is 0 Å². The minimum Gasteiger partial charge on any atom is -0.316 e. The molecule has 2 rings (SSSR count). The lowest BCUT2D eigenvalue weighted by Crippen LogP contribution is -2.35. The van der Waals surface area contributed by atoms with Crippen molar-refractivity contribution >= 4 is 0 Å². The molecule has 2 atom stereocenters. The van der Waals surface area contributed by atoms with Crippen molar-refractivity contribution in [2.24, 2.45) is 11.8 Å². The van der Waals surface area contributed by atoms with Gasteiger partial charge in [-0.2, -0.15) is 0 Å². The molecule has 2 N–H and O–H groups in total. The number of rotatable bonds is 5. The van der Waals surface area contributed by atoms with Gasteiger partial charge in [-0.05, 0) is 63.6 Å². The first kappa shape index (κ1) is 12.4. The Morgan fingerprint density at radius 2 is 2.00 bits per heavy atom. The molecule has 1 heterocycles. The summed E-state index contributed by atoms with van der Waals surface area (Å²) in [6.07, 6.45) is 9.91. The van der Waals surface area contributed by atoms with Gasteiger partial charge in [0.25, 0.3) is 0 Å². The minimum absolute atomic E-state index is 0.844. The van der Waals surface area contributed by atoms with E-state index in [2.05, 4.69) is 17.6 Å². The van der Waals surface area contributed by atoms with Gasteiger partial charge >= 0.3 is 0 Å². The zero-order chi connectivity index (χ0) is 11.2. The highest BCUT2D eigenvalue weighted by atomic mass is 14.9. The third-order valence-electron chi connectivity index (χ3n) is 4.53. The molecule has 1 aliphatic heterocycles. The third kappa shape index (κ3) is 3.74. The maximum Gasteiger partial charge on any atom is 0.00670 e. The van der Waals surface area contributed by atoms with Crippen LogP contribution in [0, 0.1) is 11.8 Å². The summed E-state index contributed by atoms with van der Waals surface area (Å²) in [5.74, 6) is 1.82. The number of hydrogen-bond donors (Lipinski definition) is 2. The third-order valence-corrected chi connectivity index (χ3v) is 4.53. The summed E-state index contributed by atoms with van der Waals surface area (Å²) in [4.78, 5) is 0. The van der Waals surface area contributed by atoms with Gasteiger partial charge in [-0.1, -0.05) is 19.8 Å². The molecular formula is C14H28N2. The Bertz CT molecular complexity index is 181. The molecule has 0 aromatic heterocycles. The van der Waals surface area contributed by atoms with Gasteiger partial charge in [0.05, 0.1) is 0 Å². The van der Waals surface area contributed by atoms with Crippen molar-refractivity contribution in [3.05, 3.63) is 0 Å². The van der Waals surface area contributed by atoms with E-state index in [0.717, 1.165) is 17.9 Å². The first-order valence-electron chi connectivity index (χ1n) is 7.30. The second-order valence-corrected chi connectivity index (χ2v) is 5.81. The van der Waals surface area contributed by atoms with Crippen LogP contribution >= 0.6 is 0 Å². The van der Waals surface area contributed by atoms with Gasteiger partial charge in [0.1, 0.15) is 0 Å². The largest absolute Gasteiger partial charge is 0.316 e.